The minimum absolute atomic E-state index is 0.0147. The van der Waals surface area contributed by atoms with Gasteiger partial charge in [0.1, 0.15) is 0 Å². The summed E-state index contributed by atoms with van der Waals surface area (Å²) in [5, 5.41) is 2.66. The Morgan fingerprint density at radius 1 is 0.449 bits per heavy atom. The van der Waals surface area contributed by atoms with Gasteiger partial charge in [-0.1, -0.05) is 273 Å². The number of unbranched alkanes of at least 4 members (excludes halogenated alkanes) is 20. The van der Waals surface area contributed by atoms with Crippen LogP contribution in [-0.4, -0.2) is 0 Å². The maximum atomic E-state index is 3.94. The average Bonchev–Trinajstić information content (AvgIpc) is 4.26. The summed E-state index contributed by atoms with van der Waals surface area (Å²) in [6.45, 7) is 9.37. The first kappa shape index (κ1) is 55.9. The maximum Gasteiger partial charge on any atom is 0.0974 e. The van der Waals surface area contributed by atoms with Crippen LogP contribution in [-0.2, 0) is 10.8 Å². The molecule has 0 saturated heterocycles. The average molecular weight is 1050 g/mol. The summed E-state index contributed by atoms with van der Waals surface area (Å²) in [6.07, 6.45) is 44.0. The summed E-state index contributed by atoms with van der Waals surface area (Å²) in [7, 11) is 0. The Balaban J connectivity index is 1.13. The van der Waals surface area contributed by atoms with Crippen LogP contribution < -0.4 is 4.90 Å². The highest BCUT2D eigenvalue weighted by Crippen LogP contribution is 2.61. The van der Waals surface area contributed by atoms with Crippen molar-refractivity contribution in [3.63, 3.8) is 0 Å². The van der Waals surface area contributed by atoms with Crippen molar-refractivity contribution in [1.82, 2.24) is 0 Å². The highest BCUT2D eigenvalue weighted by atomic mass is 32.1. The predicted molar refractivity (Wildman–Crippen MR) is 342 cm³/mol. The van der Waals surface area contributed by atoms with Gasteiger partial charge in [-0.15, -0.1) is 11.3 Å². The lowest BCUT2D eigenvalue weighted by Gasteiger charge is -2.35. The molecule has 0 aliphatic heterocycles. The molecule has 0 fully saturated rings. The SMILES string of the molecule is CCCCCCCCC1(CCCCCCCC)C2=C(CCC=C2)c2c(N(c3c#cc(-c4ccc5sc6ccccc6c5c4)cc3)c3cccc4c3-c3ccccc3C4(CCCCCCCC)CCCCCCCC)cccc21. The quantitative estimate of drug-likeness (QED) is 0.0380. The number of benzene rings is 5. The molecular formula is C76H93NS. The maximum absolute atomic E-state index is 3.94. The summed E-state index contributed by atoms with van der Waals surface area (Å²) in [5.74, 6) is 0. The third-order valence-corrected chi connectivity index (χ3v) is 19.9. The molecular weight excluding hydrogens is 959 g/mol. The summed E-state index contributed by atoms with van der Waals surface area (Å²) in [6, 6.07) is 53.0. The second-order valence-electron chi connectivity index (χ2n) is 24.0. The topological polar surface area (TPSA) is 3.24 Å². The van der Waals surface area contributed by atoms with Gasteiger partial charge < -0.3 is 4.90 Å². The van der Waals surface area contributed by atoms with E-state index in [1.807, 2.05) is 11.3 Å². The van der Waals surface area contributed by atoms with Gasteiger partial charge in [-0.2, -0.15) is 0 Å². The Hall–Kier alpha value is -5.36. The Morgan fingerprint density at radius 2 is 0.974 bits per heavy atom. The molecule has 0 N–H and O–H groups in total. The number of thiophene rings is 1. The molecule has 2 heteroatoms. The molecule has 10 rings (SSSR count). The number of nitrogens with zero attached hydrogens (tertiary/aromatic N) is 1. The molecule has 78 heavy (non-hydrogen) atoms. The van der Waals surface area contributed by atoms with Crippen LogP contribution in [0.15, 0.2) is 133 Å². The van der Waals surface area contributed by atoms with E-state index in [1.165, 1.54) is 234 Å². The third-order valence-electron chi connectivity index (χ3n) is 18.8. The van der Waals surface area contributed by atoms with E-state index in [1.54, 1.807) is 27.8 Å². The fourth-order valence-electron chi connectivity index (χ4n) is 14.7. The molecule has 3 aliphatic rings. The van der Waals surface area contributed by atoms with Crippen molar-refractivity contribution in [2.75, 3.05) is 4.90 Å². The number of hydrogen-bond acceptors (Lipinski definition) is 2. The molecule has 0 saturated carbocycles. The van der Waals surface area contributed by atoms with Crippen LogP contribution in [0, 0.1) is 12.1 Å². The van der Waals surface area contributed by atoms with Crippen LogP contribution in [0.3, 0.4) is 0 Å². The molecule has 6 aromatic carbocycles. The Labute approximate surface area is 477 Å². The Bertz CT molecular complexity index is 3070. The van der Waals surface area contributed by atoms with E-state index >= 15 is 0 Å². The normalized spacial score (nSPS) is 14.7. The van der Waals surface area contributed by atoms with Gasteiger partial charge in [-0.05, 0) is 126 Å². The third kappa shape index (κ3) is 11.8. The number of hydrogen-bond donors (Lipinski definition) is 0. The summed E-state index contributed by atoms with van der Waals surface area (Å²) in [4.78, 5) is 2.68. The van der Waals surface area contributed by atoms with E-state index in [0.717, 1.165) is 24.1 Å². The van der Waals surface area contributed by atoms with E-state index in [9.17, 15) is 0 Å². The summed E-state index contributed by atoms with van der Waals surface area (Å²) in [5.41, 5.74) is 18.3. The van der Waals surface area contributed by atoms with Crippen molar-refractivity contribution >= 4 is 54.1 Å². The van der Waals surface area contributed by atoms with Gasteiger partial charge in [-0.25, -0.2) is 0 Å². The van der Waals surface area contributed by atoms with Crippen molar-refractivity contribution in [2.24, 2.45) is 0 Å². The lowest BCUT2D eigenvalue weighted by Crippen LogP contribution is -2.27. The molecule has 0 spiro atoms. The van der Waals surface area contributed by atoms with Crippen molar-refractivity contribution < 1.29 is 0 Å². The first-order chi connectivity index (χ1) is 38.6. The molecule has 0 atom stereocenters. The molecule has 1 nitrogen and oxygen atoms in total. The summed E-state index contributed by atoms with van der Waals surface area (Å²) >= 11 is 1.89. The number of anilines is 3. The second-order valence-corrected chi connectivity index (χ2v) is 25.1. The Kier molecular flexibility index (Phi) is 19.5. The monoisotopic (exact) mass is 1050 g/mol. The lowest BCUT2D eigenvalue weighted by atomic mass is 9.69. The first-order valence-electron chi connectivity index (χ1n) is 32.0. The molecule has 0 unspecified atom stereocenters. The number of allylic oxidation sites excluding steroid dienone is 4. The molecule has 0 amide bonds. The van der Waals surface area contributed by atoms with Crippen molar-refractivity contribution in [2.45, 2.75) is 231 Å². The van der Waals surface area contributed by atoms with Gasteiger partial charge in [0.05, 0.1) is 17.1 Å². The second kappa shape index (κ2) is 27.2. The van der Waals surface area contributed by atoms with Crippen molar-refractivity contribution in [3.05, 3.63) is 167 Å². The van der Waals surface area contributed by atoms with Crippen LogP contribution in [0.25, 0.3) is 48.0 Å². The first-order valence-corrected chi connectivity index (χ1v) is 32.8. The molecule has 7 aromatic rings. The van der Waals surface area contributed by atoms with Crippen molar-refractivity contribution in [3.8, 4) is 22.3 Å². The fraction of sp³-hybridized carbons (Fsp3) is 0.474. The highest BCUT2D eigenvalue weighted by Gasteiger charge is 2.47. The molecule has 3 aliphatic carbocycles. The highest BCUT2D eigenvalue weighted by molar-refractivity contribution is 7.25. The van der Waals surface area contributed by atoms with Crippen LogP contribution in [0.2, 0.25) is 0 Å². The van der Waals surface area contributed by atoms with E-state index < -0.39 is 0 Å². The van der Waals surface area contributed by atoms with Crippen molar-refractivity contribution in [1.29, 1.82) is 0 Å². The van der Waals surface area contributed by atoms with Crippen LogP contribution in [0.4, 0.5) is 17.1 Å². The van der Waals surface area contributed by atoms with Crippen LogP contribution in [0.1, 0.15) is 243 Å². The van der Waals surface area contributed by atoms with Gasteiger partial charge in [0, 0.05) is 47.7 Å². The largest absolute Gasteiger partial charge is 0.302 e. The van der Waals surface area contributed by atoms with E-state index in [-0.39, 0.29) is 10.8 Å². The van der Waals surface area contributed by atoms with Gasteiger partial charge >= 0.3 is 0 Å². The molecule has 0 radical (unpaired) electrons. The summed E-state index contributed by atoms with van der Waals surface area (Å²) < 4.78 is 2.68. The molecule has 408 valence electrons. The van der Waals surface area contributed by atoms with E-state index in [4.69, 9.17) is 0 Å². The number of rotatable bonds is 32. The van der Waals surface area contributed by atoms with Gasteiger partial charge in [0.25, 0.3) is 0 Å². The van der Waals surface area contributed by atoms with E-state index in [2.05, 4.69) is 172 Å². The zero-order valence-corrected chi connectivity index (χ0v) is 49.5. The predicted octanol–water partition coefficient (Wildman–Crippen LogP) is 24.4. The lowest BCUT2D eigenvalue weighted by molar-refractivity contribution is 0.394. The minimum Gasteiger partial charge on any atom is -0.302 e. The zero-order valence-electron chi connectivity index (χ0n) is 48.7. The van der Waals surface area contributed by atoms with Gasteiger partial charge in [0.2, 0.25) is 0 Å². The smallest absolute Gasteiger partial charge is 0.0974 e. The fourth-order valence-corrected chi connectivity index (χ4v) is 15.8. The number of fused-ring (bicyclic) bond motifs is 8. The Morgan fingerprint density at radius 3 is 1.59 bits per heavy atom. The van der Waals surface area contributed by atoms with E-state index in [0.29, 0.717) is 0 Å². The zero-order chi connectivity index (χ0) is 53.6. The van der Waals surface area contributed by atoms with Crippen LogP contribution >= 0.6 is 11.3 Å². The van der Waals surface area contributed by atoms with Gasteiger partial charge in [-0.3, -0.25) is 0 Å². The molecule has 1 heterocycles. The van der Waals surface area contributed by atoms with Crippen LogP contribution in [0.5, 0.6) is 0 Å². The minimum atomic E-state index is -0.0147. The van der Waals surface area contributed by atoms with Gasteiger partial charge in [0.15, 0.2) is 0 Å². The molecule has 0 bridgehead atoms. The molecule has 1 aromatic heterocycles. The standard InChI is InChI=1S/C76H93NS/c1-5-9-13-17-21-31-53-75(54-32-22-18-14-10-6-2)65-40-28-25-38-62(65)73-67(75)42-35-44-69(73)77(60-50-47-58(48-51-60)59-49-52-72-64(57-59)61-37-27-30-46-71(61)78-72)70-45-36-43-68-74(70)63-39-26-29-41-66(63)76(68,55-33-23-19-15-11-7-3)56-34-24-20-16-12-8-4/h25,27-30,35-38,40-47,49-50,52,57H,5-24,26,31-34,39,53-56H2,1-4H3.